The summed E-state index contributed by atoms with van der Waals surface area (Å²) in [7, 11) is -8.98. The van der Waals surface area contributed by atoms with Gasteiger partial charge in [0.2, 0.25) is 0 Å². The van der Waals surface area contributed by atoms with Gasteiger partial charge in [0.25, 0.3) is 0 Å². The van der Waals surface area contributed by atoms with Crippen molar-refractivity contribution in [2.45, 2.75) is 140 Å². The number of anilines is 1. The van der Waals surface area contributed by atoms with E-state index in [1.165, 1.54) is 103 Å². The summed E-state index contributed by atoms with van der Waals surface area (Å²) >= 11 is 0. The summed E-state index contributed by atoms with van der Waals surface area (Å²) in [5, 5.41) is 20.6. The van der Waals surface area contributed by atoms with E-state index in [4.69, 9.17) is 29.0 Å². The maximum Gasteiger partial charge on any atom is 0.481 e. The van der Waals surface area contributed by atoms with Crippen molar-refractivity contribution in [2.24, 2.45) is 0 Å². The van der Waals surface area contributed by atoms with Crippen LogP contribution in [0.5, 0.6) is 0 Å². The normalized spacial score (nSPS) is 22.6. The van der Waals surface area contributed by atoms with Gasteiger partial charge in [0, 0.05) is 19.9 Å². The Labute approximate surface area is 289 Å². The maximum atomic E-state index is 12.3. The highest BCUT2D eigenvalue weighted by Gasteiger charge is 2.46. The number of ether oxygens (including phenoxy) is 3. The first-order valence-electron chi connectivity index (χ1n) is 17.5. The smallest absolute Gasteiger partial charge is 0.387 e. The van der Waals surface area contributed by atoms with Gasteiger partial charge in [0.1, 0.15) is 30.2 Å². The van der Waals surface area contributed by atoms with Crippen molar-refractivity contribution in [3.8, 4) is 0 Å². The summed E-state index contributed by atoms with van der Waals surface area (Å²) in [4.78, 5) is 35.5. The van der Waals surface area contributed by atoms with Crippen LogP contribution in [0.25, 0.3) is 0 Å². The third-order valence-corrected chi connectivity index (χ3v) is 10.9. The van der Waals surface area contributed by atoms with Crippen LogP contribution >= 0.6 is 15.6 Å². The van der Waals surface area contributed by atoms with Gasteiger partial charge in [-0.25, -0.2) is 13.9 Å². The average molecular weight is 744 g/mol. The molecule has 0 spiro atoms. The highest BCUT2D eigenvalue weighted by molar-refractivity contribution is 7.61. The predicted molar refractivity (Wildman–Crippen MR) is 183 cm³/mol. The van der Waals surface area contributed by atoms with Gasteiger partial charge >= 0.3 is 21.3 Å². The largest absolute Gasteiger partial charge is 0.481 e. The van der Waals surface area contributed by atoms with Gasteiger partial charge in [0.15, 0.2) is 6.23 Å². The molecule has 0 bridgehead atoms. The van der Waals surface area contributed by atoms with Gasteiger partial charge in [-0.1, -0.05) is 103 Å². The Kier molecular flexibility index (Phi) is 21.6. The highest BCUT2D eigenvalue weighted by Crippen LogP contribution is 2.60. The van der Waals surface area contributed by atoms with Crippen LogP contribution in [0, 0.1) is 0 Å². The minimum atomic E-state index is -5.23. The lowest BCUT2D eigenvalue weighted by Gasteiger charge is -2.21. The topological polar surface area (TPSA) is 231 Å². The Morgan fingerprint density at radius 2 is 1.39 bits per heavy atom. The molecule has 0 radical (unpaired) electrons. The van der Waals surface area contributed by atoms with Gasteiger partial charge in [-0.3, -0.25) is 13.6 Å². The summed E-state index contributed by atoms with van der Waals surface area (Å²) in [6.45, 7) is 1.47. The van der Waals surface area contributed by atoms with Crippen molar-refractivity contribution >= 4 is 21.5 Å². The third kappa shape index (κ3) is 18.2. The van der Waals surface area contributed by atoms with Crippen molar-refractivity contribution in [3.05, 3.63) is 22.7 Å². The van der Waals surface area contributed by atoms with Crippen LogP contribution in [-0.2, 0) is 36.7 Å². The van der Waals surface area contributed by atoms with Gasteiger partial charge in [-0.05, 0) is 12.5 Å². The van der Waals surface area contributed by atoms with Gasteiger partial charge < -0.3 is 39.9 Å². The molecule has 1 aliphatic heterocycles. The van der Waals surface area contributed by atoms with Crippen molar-refractivity contribution in [1.82, 2.24) is 9.55 Å². The van der Waals surface area contributed by atoms with Crippen molar-refractivity contribution < 1.29 is 56.7 Å². The maximum absolute atomic E-state index is 12.3. The van der Waals surface area contributed by atoms with E-state index >= 15 is 0 Å². The van der Waals surface area contributed by atoms with Crippen molar-refractivity contribution in [1.29, 1.82) is 0 Å². The summed E-state index contributed by atoms with van der Waals surface area (Å²) in [5.74, 6) is -0.0712. The SMILES string of the molecule is CCCCCCCCCCCCCCCCCCOCC(COP(=O)(O)OP(=O)(O)OC[C@H]1O[C@@H](n2ccc(N)nc2=O)[C@@H](O)[C@@H]1O)OC. The summed E-state index contributed by atoms with van der Waals surface area (Å²) in [6.07, 6.45) is 14.7. The zero-order valence-corrected chi connectivity index (χ0v) is 30.8. The van der Waals surface area contributed by atoms with Crippen LogP contribution in [0.15, 0.2) is 17.1 Å². The number of phosphoric acid groups is 2. The second-order valence-corrected chi connectivity index (χ2v) is 15.5. The van der Waals surface area contributed by atoms with E-state index in [9.17, 15) is 33.9 Å². The molecular formula is C31H59N3O13P2. The Balaban J connectivity index is 1.54. The first kappa shape index (κ1) is 43.9. The second-order valence-electron chi connectivity index (χ2n) is 12.4. The van der Waals surface area contributed by atoms with Crippen molar-refractivity contribution in [3.63, 3.8) is 0 Å². The highest BCUT2D eigenvalue weighted by atomic mass is 31.3. The van der Waals surface area contributed by atoms with Crippen LogP contribution in [0.2, 0.25) is 0 Å². The monoisotopic (exact) mass is 743 g/mol. The number of methoxy groups -OCH3 is 1. The molecule has 0 aromatic carbocycles. The molecule has 6 N–H and O–H groups in total. The molecule has 1 aliphatic rings. The van der Waals surface area contributed by atoms with Crippen LogP contribution in [0.3, 0.4) is 0 Å². The summed E-state index contributed by atoms with van der Waals surface area (Å²) < 4.78 is 55.6. The Morgan fingerprint density at radius 3 is 1.92 bits per heavy atom. The van der Waals surface area contributed by atoms with Crippen LogP contribution in [0.4, 0.5) is 5.82 Å². The fraction of sp³-hybridized carbons (Fsp3) is 0.871. The lowest BCUT2D eigenvalue weighted by Crippen LogP contribution is -2.36. The molecule has 1 aromatic heterocycles. The molecule has 2 heterocycles. The number of nitrogens with two attached hydrogens (primary N) is 1. The van der Waals surface area contributed by atoms with E-state index in [0.29, 0.717) is 6.61 Å². The number of hydrogen-bond acceptors (Lipinski definition) is 13. The second kappa shape index (κ2) is 24.1. The minimum absolute atomic E-state index is 0.0650. The molecule has 286 valence electrons. The zero-order valence-electron chi connectivity index (χ0n) is 29.0. The quantitative estimate of drug-likeness (QED) is 0.0538. The lowest BCUT2D eigenvalue weighted by molar-refractivity contribution is -0.0544. The molecule has 18 heteroatoms. The third-order valence-electron chi connectivity index (χ3n) is 8.27. The van der Waals surface area contributed by atoms with E-state index < -0.39 is 65.2 Å². The molecule has 0 aliphatic carbocycles. The zero-order chi connectivity index (χ0) is 36.1. The molecule has 0 saturated carbocycles. The number of aromatic nitrogens is 2. The summed E-state index contributed by atoms with van der Waals surface area (Å²) in [5.41, 5.74) is 4.58. The molecule has 1 fully saturated rings. The van der Waals surface area contributed by atoms with E-state index in [1.54, 1.807) is 0 Å². The molecular weight excluding hydrogens is 684 g/mol. The number of rotatable bonds is 29. The number of nitrogens with zero attached hydrogens (tertiary/aromatic N) is 2. The number of nitrogen functional groups attached to an aromatic ring is 1. The average Bonchev–Trinajstić information content (AvgIpc) is 3.32. The molecule has 2 rings (SSSR count). The first-order valence-corrected chi connectivity index (χ1v) is 20.5. The molecule has 0 amide bonds. The van der Waals surface area contributed by atoms with Crippen LogP contribution < -0.4 is 11.4 Å². The standard InChI is InChI=1S/C31H59N3O13P2/c1-3-4-5-6-7-8-9-10-11-12-13-14-15-16-17-18-21-43-22-25(42-2)23-44-48(38,39)47-49(40,41)45-24-26-28(35)29(36)30(46-26)34-20-19-27(32)33-31(34)37/h19-20,25-26,28-30,35-36H,3-18,21-24H2,1-2H3,(H,38,39)(H,40,41)(H2,32,33,37)/t25?,26-,28-,29+,30-/m1/s1. The number of unbranched alkanes of at least 4 members (excludes halogenated alkanes) is 15. The molecule has 1 aromatic rings. The van der Waals surface area contributed by atoms with Gasteiger partial charge in [-0.2, -0.15) is 9.29 Å². The van der Waals surface area contributed by atoms with Crippen LogP contribution in [0.1, 0.15) is 116 Å². The number of phosphoric ester groups is 2. The van der Waals surface area contributed by atoms with Crippen LogP contribution in [-0.4, -0.2) is 87.5 Å². The Morgan fingerprint density at radius 1 is 0.857 bits per heavy atom. The van der Waals surface area contributed by atoms with Crippen molar-refractivity contribution in [2.75, 3.05) is 39.3 Å². The molecule has 7 atom stereocenters. The van der Waals surface area contributed by atoms with Gasteiger partial charge in [0.05, 0.1) is 19.8 Å². The van der Waals surface area contributed by atoms with E-state index in [2.05, 4.69) is 16.2 Å². The van der Waals surface area contributed by atoms with E-state index in [1.807, 2.05) is 0 Å². The van der Waals surface area contributed by atoms with E-state index in [0.717, 1.165) is 23.8 Å². The number of aliphatic hydroxyl groups excluding tert-OH is 2. The molecule has 49 heavy (non-hydrogen) atoms. The lowest BCUT2D eigenvalue weighted by atomic mass is 10.0. The Hall–Kier alpha value is -1.26. The predicted octanol–water partition coefficient (Wildman–Crippen LogP) is 4.99. The molecule has 1 saturated heterocycles. The van der Waals surface area contributed by atoms with Gasteiger partial charge in [-0.15, -0.1) is 0 Å². The molecule has 3 unspecified atom stereocenters. The fourth-order valence-corrected chi connectivity index (χ4v) is 7.50. The first-order chi connectivity index (χ1) is 23.4. The fourth-order valence-electron chi connectivity index (χ4n) is 5.39. The summed E-state index contributed by atoms with van der Waals surface area (Å²) in [6, 6.07) is 1.27. The Bertz CT molecular complexity index is 1190. The van der Waals surface area contributed by atoms with E-state index in [-0.39, 0.29) is 12.4 Å². The number of hydrogen-bond donors (Lipinski definition) is 5. The number of aliphatic hydroxyl groups is 2. The minimum Gasteiger partial charge on any atom is -0.387 e. The molecule has 16 nitrogen and oxygen atoms in total.